The average Bonchev–Trinajstić information content (AvgIpc) is 2.38. The Morgan fingerprint density at radius 3 is 2.40 bits per heavy atom. The molecule has 0 saturated heterocycles. The van der Waals surface area contributed by atoms with Crippen molar-refractivity contribution in [3.05, 3.63) is 64.7 Å². The molecule has 0 aromatic heterocycles. The first-order valence-corrected chi connectivity index (χ1v) is 5.60. The number of nitrogens with one attached hydrogen (secondary N) is 1. The van der Waals surface area contributed by atoms with Crippen molar-refractivity contribution >= 4 is 11.6 Å². The van der Waals surface area contributed by atoms with Crippen LogP contribution in [0.25, 0.3) is 0 Å². The van der Waals surface area contributed by atoms with Gasteiger partial charge in [0, 0.05) is 12.1 Å². The minimum Gasteiger partial charge on any atom is -0.319 e. The van der Waals surface area contributed by atoms with E-state index in [1.807, 2.05) is 5.32 Å². The third kappa shape index (κ3) is 2.79. The molecule has 0 aliphatic carbocycles. The second-order valence-corrected chi connectivity index (χ2v) is 4.19. The Bertz CT molecular complexity index is 685. The fourth-order valence-corrected chi connectivity index (χ4v) is 1.65. The summed E-state index contributed by atoms with van der Waals surface area (Å²) >= 11 is 0. The minimum absolute atomic E-state index is 0.339. The van der Waals surface area contributed by atoms with Crippen LogP contribution in [0.5, 0.6) is 0 Å². The number of benzene rings is 2. The molecule has 0 unspecified atom stereocenters. The summed E-state index contributed by atoms with van der Waals surface area (Å²) in [6.45, 7) is 1.64. The Labute approximate surface area is 112 Å². The van der Waals surface area contributed by atoms with Crippen molar-refractivity contribution in [2.24, 2.45) is 0 Å². The first kappa shape index (κ1) is 14.0. The smallest absolute Gasteiger partial charge is 0.258 e. The molecule has 1 N–H and O–H groups in total. The lowest BCUT2D eigenvalue weighted by Gasteiger charge is -2.08. The van der Waals surface area contributed by atoms with Crippen LogP contribution in [0.4, 0.5) is 23.2 Å². The van der Waals surface area contributed by atoms with Gasteiger partial charge in [-0.25, -0.2) is 17.6 Å². The predicted octanol–water partition coefficient (Wildman–Crippen LogP) is 3.80. The molecule has 2 aromatic carbocycles. The van der Waals surface area contributed by atoms with E-state index in [-0.39, 0.29) is 5.56 Å². The van der Waals surface area contributed by atoms with Crippen LogP contribution in [0.3, 0.4) is 0 Å². The molecule has 0 saturated carbocycles. The van der Waals surface area contributed by atoms with E-state index in [1.54, 1.807) is 6.92 Å². The van der Waals surface area contributed by atoms with Gasteiger partial charge in [-0.15, -0.1) is 0 Å². The summed E-state index contributed by atoms with van der Waals surface area (Å²) in [5, 5.41) is 1.94. The maximum atomic E-state index is 13.5. The largest absolute Gasteiger partial charge is 0.319 e. The summed E-state index contributed by atoms with van der Waals surface area (Å²) in [6.07, 6.45) is 0. The third-order valence-corrected chi connectivity index (χ3v) is 2.61. The van der Waals surface area contributed by atoms with Crippen LogP contribution in [0, 0.1) is 30.2 Å². The lowest BCUT2D eigenvalue weighted by molar-refractivity contribution is 0.102. The van der Waals surface area contributed by atoms with E-state index in [9.17, 15) is 22.4 Å². The molecule has 0 fully saturated rings. The molecule has 0 aliphatic rings. The highest BCUT2D eigenvalue weighted by molar-refractivity contribution is 6.04. The predicted molar refractivity (Wildman–Crippen MR) is 65.4 cm³/mol. The number of carbonyl (C=O) groups is 1. The van der Waals surface area contributed by atoms with E-state index in [0.29, 0.717) is 17.7 Å². The lowest BCUT2D eigenvalue weighted by atomic mass is 10.1. The highest BCUT2D eigenvalue weighted by Crippen LogP contribution is 2.20. The number of halogens is 4. The van der Waals surface area contributed by atoms with Crippen LogP contribution in [0.2, 0.25) is 0 Å². The molecule has 0 aliphatic heterocycles. The Hall–Kier alpha value is -2.37. The minimum atomic E-state index is -1.44. The van der Waals surface area contributed by atoms with E-state index in [1.165, 1.54) is 12.1 Å². The molecule has 0 heterocycles. The van der Waals surface area contributed by atoms with Gasteiger partial charge in [0.05, 0.1) is 11.3 Å². The second-order valence-electron chi connectivity index (χ2n) is 4.19. The lowest BCUT2D eigenvalue weighted by Crippen LogP contribution is -2.15. The monoisotopic (exact) mass is 283 g/mol. The highest BCUT2D eigenvalue weighted by Gasteiger charge is 2.17. The van der Waals surface area contributed by atoms with Crippen molar-refractivity contribution in [3.8, 4) is 0 Å². The Morgan fingerprint density at radius 2 is 1.70 bits per heavy atom. The molecular formula is C14H9F4NO. The van der Waals surface area contributed by atoms with Crippen molar-refractivity contribution < 1.29 is 22.4 Å². The van der Waals surface area contributed by atoms with Gasteiger partial charge in [-0.3, -0.25) is 4.79 Å². The molecule has 1 amide bonds. The number of aryl methyl sites for hydroxylation is 1. The van der Waals surface area contributed by atoms with Gasteiger partial charge in [0.15, 0.2) is 11.6 Å². The number of hydrogen-bond acceptors (Lipinski definition) is 1. The van der Waals surface area contributed by atoms with Crippen molar-refractivity contribution in [1.29, 1.82) is 0 Å². The fraction of sp³-hybridized carbons (Fsp3) is 0.0714. The molecule has 104 valence electrons. The molecule has 2 rings (SSSR count). The zero-order valence-corrected chi connectivity index (χ0v) is 10.3. The van der Waals surface area contributed by atoms with Gasteiger partial charge in [0.2, 0.25) is 0 Å². The Balaban J connectivity index is 2.35. The van der Waals surface area contributed by atoms with E-state index in [0.717, 1.165) is 6.07 Å². The zero-order chi connectivity index (χ0) is 14.9. The van der Waals surface area contributed by atoms with Gasteiger partial charge in [0.25, 0.3) is 5.91 Å². The van der Waals surface area contributed by atoms with E-state index in [2.05, 4.69) is 0 Å². The van der Waals surface area contributed by atoms with Gasteiger partial charge in [0.1, 0.15) is 11.6 Å². The molecule has 0 radical (unpaired) electrons. The first-order chi connectivity index (χ1) is 9.38. The summed E-state index contributed by atoms with van der Waals surface area (Å²) in [4.78, 5) is 11.8. The molecular weight excluding hydrogens is 274 g/mol. The third-order valence-electron chi connectivity index (χ3n) is 2.61. The summed E-state index contributed by atoms with van der Waals surface area (Å²) in [5.74, 6) is -5.71. The fourth-order valence-electron chi connectivity index (χ4n) is 1.65. The molecule has 0 spiro atoms. The molecule has 0 bridgehead atoms. The normalized spacial score (nSPS) is 10.4. The van der Waals surface area contributed by atoms with Crippen molar-refractivity contribution in [2.75, 3.05) is 5.32 Å². The van der Waals surface area contributed by atoms with Gasteiger partial charge in [-0.2, -0.15) is 0 Å². The van der Waals surface area contributed by atoms with Crippen LogP contribution < -0.4 is 5.32 Å². The topological polar surface area (TPSA) is 29.1 Å². The van der Waals surface area contributed by atoms with Crippen molar-refractivity contribution in [1.82, 2.24) is 0 Å². The standard InChI is InChI=1S/C14H9F4NO/c1-7-2-3-10(16)9(4-7)14(20)19-12-6-8(15)5-11(17)13(12)18/h2-6H,1H3,(H,19,20). The maximum absolute atomic E-state index is 13.5. The van der Waals surface area contributed by atoms with E-state index >= 15 is 0 Å². The van der Waals surface area contributed by atoms with Crippen LogP contribution in [-0.4, -0.2) is 5.91 Å². The number of anilines is 1. The average molecular weight is 283 g/mol. The summed E-state index contributed by atoms with van der Waals surface area (Å²) in [5.41, 5.74) is -0.412. The summed E-state index contributed by atoms with van der Waals surface area (Å²) in [6, 6.07) is 4.74. The molecule has 2 aromatic rings. The zero-order valence-electron chi connectivity index (χ0n) is 10.3. The number of rotatable bonds is 2. The van der Waals surface area contributed by atoms with E-state index in [4.69, 9.17) is 0 Å². The Morgan fingerprint density at radius 1 is 1.00 bits per heavy atom. The number of carbonyl (C=O) groups excluding carboxylic acids is 1. The van der Waals surface area contributed by atoms with Crippen LogP contribution in [0.15, 0.2) is 30.3 Å². The van der Waals surface area contributed by atoms with Gasteiger partial charge < -0.3 is 5.32 Å². The molecule has 20 heavy (non-hydrogen) atoms. The SMILES string of the molecule is Cc1ccc(F)c(C(=O)Nc2cc(F)cc(F)c2F)c1. The highest BCUT2D eigenvalue weighted by atomic mass is 19.2. The van der Waals surface area contributed by atoms with E-state index < -0.39 is 34.9 Å². The van der Waals surface area contributed by atoms with Gasteiger partial charge in [-0.1, -0.05) is 11.6 Å². The van der Waals surface area contributed by atoms with Crippen LogP contribution >= 0.6 is 0 Å². The quantitative estimate of drug-likeness (QED) is 0.659. The van der Waals surface area contributed by atoms with Crippen molar-refractivity contribution in [2.45, 2.75) is 6.92 Å². The number of amides is 1. The van der Waals surface area contributed by atoms with Gasteiger partial charge in [-0.05, 0) is 19.1 Å². The van der Waals surface area contributed by atoms with Crippen molar-refractivity contribution in [3.63, 3.8) is 0 Å². The molecule has 2 nitrogen and oxygen atoms in total. The first-order valence-electron chi connectivity index (χ1n) is 5.60. The van der Waals surface area contributed by atoms with Crippen LogP contribution in [0.1, 0.15) is 15.9 Å². The summed E-state index contributed by atoms with van der Waals surface area (Å²) < 4.78 is 52.8. The van der Waals surface area contributed by atoms with Crippen LogP contribution in [-0.2, 0) is 0 Å². The Kier molecular flexibility index (Phi) is 3.74. The maximum Gasteiger partial charge on any atom is 0.258 e. The molecule has 6 heteroatoms. The summed E-state index contributed by atoms with van der Waals surface area (Å²) in [7, 11) is 0. The molecule has 0 atom stereocenters. The number of hydrogen-bond donors (Lipinski definition) is 1. The van der Waals surface area contributed by atoms with Gasteiger partial charge >= 0.3 is 0 Å². The second kappa shape index (κ2) is 5.32.